The molecule has 0 bridgehead atoms. The van der Waals surface area contributed by atoms with Crippen molar-refractivity contribution in [3.05, 3.63) is 0 Å². The van der Waals surface area contributed by atoms with Crippen molar-refractivity contribution in [1.82, 2.24) is 10.6 Å². The summed E-state index contributed by atoms with van der Waals surface area (Å²) in [4.78, 5) is 11.3. The van der Waals surface area contributed by atoms with Gasteiger partial charge in [-0.3, -0.25) is 4.79 Å². The zero-order chi connectivity index (χ0) is 11.1. The first-order chi connectivity index (χ1) is 7.22. The van der Waals surface area contributed by atoms with Crippen LogP contribution < -0.4 is 16.4 Å². The molecule has 5 heteroatoms. The molecule has 0 saturated heterocycles. The summed E-state index contributed by atoms with van der Waals surface area (Å²) >= 11 is 0. The summed E-state index contributed by atoms with van der Waals surface area (Å²) in [5.41, 5.74) is 5.77. The molecule has 0 radical (unpaired) electrons. The normalized spacial score (nSPS) is 25.5. The summed E-state index contributed by atoms with van der Waals surface area (Å²) < 4.78 is 4.83. The number of nitrogens with two attached hydrogens (primary N) is 1. The summed E-state index contributed by atoms with van der Waals surface area (Å²) in [6.07, 6.45) is 3.11. The van der Waals surface area contributed by atoms with Crippen LogP contribution in [0.5, 0.6) is 0 Å². The van der Waals surface area contributed by atoms with Gasteiger partial charge in [-0.1, -0.05) is 0 Å². The summed E-state index contributed by atoms with van der Waals surface area (Å²) in [5, 5.41) is 5.97. The molecule has 0 heterocycles. The van der Waals surface area contributed by atoms with E-state index in [9.17, 15) is 4.79 Å². The monoisotopic (exact) mass is 215 g/mol. The second-order valence-corrected chi connectivity index (χ2v) is 3.99. The minimum absolute atomic E-state index is 0.0209. The lowest BCUT2D eigenvalue weighted by Crippen LogP contribution is -2.39. The van der Waals surface area contributed by atoms with E-state index in [-0.39, 0.29) is 5.91 Å². The molecule has 1 saturated carbocycles. The molecule has 1 fully saturated rings. The average molecular weight is 215 g/mol. The molecule has 15 heavy (non-hydrogen) atoms. The number of amides is 1. The highest BCUT2D eigenvalue weighted by atomic mass is 16.5. The average Bonchev–Trinajstić information content (AvgIpc) is 2.62. The van der Waals surface area contributed by atoms with Gasteiger partial charge < -0.3 is 21.1 Å². The Kier molecular flexibility index (Phi) is 5.60. The largest absolute Gasteiger partial charge is 0.383 e. The van der Waals surface area contributed by atoms with Gasteiger partial charge >= 0.3 is 0 Å². The van der Waals surface area contributed by atoms with Crippen LogP contribution in [-0.4, -0.2) is 44.8 Å². The summed E-state index contributed by atoms with van der Waals surface area (Å²) in [6, 6.07) is 0.715. The van der Waals surface area contributed by atoms with Crippen LogP contribution in [0, 0.1) is 0 Å². The maximum Gasteiger partial charge on any atom is 0.234 e. The maximum absolute atomic E-state index is 11.3. The standard InChI is InChI=1S/C10H21N3O2/c1-15-5-4-12-10(14)7-13-9-3-2-8(11)6-9/h8-9,13H,2-7,11H2,1H3,(H,12,14). The Morgan fingerprint density at radius 1 is 1.53 bits per heavy atom. The summed E-state index contributed by atoms with van der Waals surface area (Å²) in [5.74, 6) is 0.0209. The van der Waals surface area contributed by atoms with Crippen molar-refractivity contribution in [3.8, 4) is 0 Å². The van der Waals surface area contributed by atoms with Crippen LogP contribution in [0.3, 0.4) is 0 Å². The molecule has 1 rings (SSSR count). The molecule has 1 aliphatic rings. The van der Waals surface area contributed by atoms with Gasteiger partial charge in [0, 0.05) is 25.7 Å². The first-order valence-electron chi connectivity index (χ1n) is 5.47. The molecule has 0 aromatic rings. The van der Waals surface area contributed by atoms with E-state index in [2.05, 4.69) is 10.6 Å². The zero-order valence-electron chi connectivity index (χ0n) is 9.29. The fourth-order valence-electron chi connectivity index (χ4n) is 1.79. The molecule has 0 aliphatic heterocycles. The Morgan fingerprint density at radius 2 is 2.33 bits per heavy atom. The number of rotatable bonds is 6. The van der Waals surface area contributed by atoms with Crippen LogP contribution in [0.2, 0.25) is 0 Å². The van der Waals surface area contributed by atoms with Gasteiger partial charge in [0.15, 0.2) is 0 Å². The van der Waals surface area contributed by atoms with Crippen molar-refractivity contribution >= 4 is 5.91 Å². The van der Waals surface area contributed by atoms with Crippen molar-refractivity contribution < 1.29 is 9.53 Å². The molecule has 0 spiro atoms. The lowest BCUT2D eigenvalue weighted by molar-refractivity contribution is -0.120. The van der Waals surface area contributed by atoms with Gasteiger partial charge in [-0.25, -0.2) is 0 Å². The smallest absolute Gasteiger partial charge is 0.234 e. The molecule has 4 N–H and O–H groups in total. The Hall–Kier alpha value is -0.650. The number of hydrogen-bond acceptors (Lipinski definition) is 4. The SMILES string of the molecule is COCCNC(=O)CNC1CCC(N)C1. The summed E-state index contributed by atoms with van der Waals surface area (Å²) in [7, 11) is 1.62. The highest BCUT2D eigenvalue weighted by molar-refractivity contribution is 5.77. The van der Waals surface area contributed by atoms with E-state index < -0.39 is 0 Å². The molecule has 1 aliphatic carbocycles. The fourth-order valence-corrected chi connectivity index (χ4v) is 1.79. The Morgan fingerprint density at radius 3 is 2.93 bits per heavy atom. The van der Waals surface area contributed by atoms with Crippen LogP contribution in [0.4, 0.5) is 0 Å². The van der Waals surface area contributed by atoms with E-state index >= 15 is 0 Å². The quantitative estimate of drug-likeness (QED) is 0.508. The molecule has 0 aromatic carbocycles. The molecular formula is C10H21N3O2. The first-order valence-corrected chi connectivity index (χ1v) is 5.47. The van der Waals surface area contributed by atoms with Crippen LogP contribution in [0.15, 0.2) is 0 Å². The number of nitrogens with one attached hydrogen (secondary N) is 2. The van der Waals surface area contributed by atoms with Crippen molar-refractivity contribution in [1.29, 1.82) is 0 Å². The van der Waals surface area contributed by atoms with E-state index in [0.717, 1.165) is 19.3 Å². The first kappa shape index (κ1) is 12.4. The number of methoxy groups -OCH3 is 1. The highest BCUT2D eigenvalue weighted by Gasteiger charge is 2.21. The molecular weight excluding hydrogens is 194 g/mol. The summed E-state index contributed by atoms with van der Waals surface area (Å²) in [6.45, 7) is 1.50. The molecule has 88 valence electrons. The van der Waals surface area contributed by atoms with Crippen LogP contribution in [0.25, 0.3) is 0 Å². The second-order valence-electron chi connectivity index (χ2n) is 3.99. The van der Waals surface area contributed by atoms with E-state index in [1.54, 1.807) is 7.11 Å². The molecule has 5 nitrogen and oxygen atoms in total. The Balaban J connectivity index is 2.01. The van der Waals surface area contributed by atoms with Crippen LogP contribution in [-0.2, 0) is 9.53 Å². The lowest BCUT2D eigenvalue weighted by atomic mass is 10.2. The third kappa shape index (κ3) is 5.11. The second kappa shape index (κ2) is 6.76. The highest BCUT2D eigenvalue weighted by Crippen LogP contribution is 2.16. The number of hydrogen-bond donors (Lipinski definition) is 3. The number of ether oxygens (including phenoxy) is 1. The molecule has 0 aromatic heterocycles. The van der Waals surface area contributed by atoms with Crippen LogP contribution in [0.1, 0.15) is 19.3 Å². The fraction of sp³-hybridized carbons (Fsp3) is 0.900. The number of carbonyl (C=O) groups excluding carboxylic acids is 1. The van der Waals surface area contributed by atoms with Crippen LogP contribution >= 0.6 is 0 Å². The van der Waals surface area contributed by atoms with E-state index in [1.807, 2.05) is 0 Å². The van der Waals surface area contributed by atoms with E-state index in [0.29, 0.717) is 31.8 Å². The van der Waals surface area contributed by atoms with E-state index in [4.69, 9.17) is 10.5 Å². The van der Waals surface area contributed by atoms with Gasteiger partial charge in [0.2, 0.25) is 5.91 Å². The minimum atomic E-state index is 0.0209. The molecule has 2 unspecified atom stereocenters. The van der Waals surface area contributed by atoms with Gasteiger partial charge in [-0.2, -0.15) is 0 Å². The molecule has 1 amide bonds. The van der Waals surface area contributed by atoms with Gasteiger partial charge in [-0.05, 0) is 19.3 Å². The predicted octanol–water partition coefficient (Wildman–Crippen LogP) is -0.782. The Bertz CT molecular complexity index is 199. The Labute approximate surface area is 90.7 Å². The van der Waals surface area contributed by atoms with Gasteiger partial charge in [0.05, 0.1) is 13.2 Å². The zero-order valence-corrected chi connectivity index (χ0v) is 9.29. The van der Waals surface area contributed by atoms with Gasteiger partial charge in [0.1, 0.15) is 0 Å². The number of carbonyl (C=O) groups is 1. The minimum Gasteiger partial charge on any atom is -0.383 e. The van der Waals surface area contributed by atoms with Crippen molar-refractivity contribution in [2.75, 3.05) is 26.8 Å². The predicted molar refractivity (Wildman–Crippen MR) is 58.5 cm³/mol. The molecule has 2 atom stereocenters. The third-order valence-electron chi connectivity index (χ3n) is 2.65. The van der Waals surface area contributed by atoms with Gasteiger partial charge in [-0.15, -0.1) is 0 Å². The van der Waals surface area contributed by atoms with E-state index in [1.165, 1.54) is 0 Å². The van der Waals surface area contributed by atoms with Crippen molar-refractivity contribution in [2.45, 2.75) is 31.3 Å². The van der Waals surface area contributed by atoms with Crippen molar-refractivity contribution in [2.24, 2.45) is 5.73 Å². The van der Waals surface area contributed by atoms with Gasteiger partial charge in [0.25, 0.3) is 0 Å². The van der Waals surface area contributed by atoms with Crippen molar-refractivity contribution in [3.63, 3.8) is 0 Å². The topological polar surface area (TPSA) is 76.4 Å². The lowest BCUT2D eigenvalue weighted by Gasteiger charge is -2.11. The third-order valence-corrected chi connectivity index (χ3v) is 2.65. The maximum atomic E-state index is 11.3.